The summed E-state index contributed by atoms with van der Waals surface area (Å²) in [7, 11) is 2.03. The standard InChI is InChI=1S/C18H22N6O.ClH/c1-23-9-8-20-18(23)15-12-19-7-10-24(15)13-16-21-17(25-22-16)11-14-5-3-2-4-6-14;/h2-6,8-9,15,19H,7,10-13H2,1H3;1H. The molecule has 0 aliphatic carbocycles. The van der Waals surface area contributed by atoms with Crippen molar-refractivity contribution < 1.29 is 4.52 Å². The number of nitrogens with one attached hydrogen (secondary N) is 1. The number of aromatic nitrogens is 4. The lowest BCUT2D eigenvalue weighted by molar-refractivity contribution is 0.139. The van der Waals surface area contributed by atoms with Crippen LogP contribution in [0.2, 0.25) is 0 Å². The molecule has 1 aromatic carbocycles. The van der Waals surface area contributed by atoms with Gasteiger partial charge in [0.25, 0.3) is 0 Å². The maximum atomic E-state index is 5.44. The zero-order chi connectivity index (χ0) is 17.1. The second-order valence-corrected chi connectivity index (χ2v) is 6.35. The highest BCUT2D eigenvalue weighted by Gasteiger charge is 2.27. The van der Waals surface area contributed by atoms with Crippen molar-refractivity contribution >= 4 is 12.4 Å². The smallest absolute Gasteiger partial charge is 0.231 e. The van der Waals surface area contributed by atoms with Crippen molar-refractivity contribution in [1.82, 2.24) is 29.9 Å². The van der Waals surface area contributed by atoms with E-state index in [9.17, 15) is 0 Å². The molecule has 2 aromatic heterocycles. The van der Waals surface area contributed by atoms with Gasteiger partial charge in [-0.2, -0.15) is 4.98 Å². The molecule has 1 aliphatic rings. The molecule has 0 amide bonds. The molecule has 1 aliphatic heterocycles. The maximum Gasteiger partial charge on any atom is 0.231 e. The molecule has 1 atom stereocenters. The van der Waals surface area contributed by atoms with Gasteiger partial charge in [-0.05, 0) is 5.56 Å². The van der Waals surface area contributed by atoms with Gasteiger partial charge in [0.2, 0.25) is 5.89 Å². The Morgan fingerprint density at radius 3 is 2.88 bits per heavy atom. The summed E-state index contributed by atoms with van der Waals surface area (Å²) in [6.45, 7) is 3.42. The first-order valence-corrected chi connectivity index (χ1v) is 8.57. The molecule has 0 radical (unpaired) electrons. The molecule has 1 saturated heterocycles. The Morgan fingerprint density at radius 2 is 2.12 bits per heavy atom. The number of rotatable bonds is 5. The van der Waals surface area contributed by atoms with Crippen LogP contribution in [0.25, 0.3) is 0 Å². The second-order valence-electron chi connectivity index (χ2n) is 6.35. The van der Waals surface area contributed by atoms with Gasteiger partial charge in [-0.25, -0.2) is 4.98 Å². The number of halogens is 1. The fourth-order valence-corrected chi connectivity index (χ4v) is 3.27. The molecule has 0 bridgehead atoms. The van der Waals surface area contributed by atoms with Gasteiger partial charge < -0.3 is 14.4 Å². The Morgan fingerprint density at radius 1 is 1.27 bits per heavy atom. The number of imidazole rings is 1. The van der Waals surface area contributed by atoms with Gasteiger partial charge in [0.05, 0.1) is 19.0 Å². The van der Waals surface area contributed by atoms with Crippen molar-refractivity contribution in [3.8, 4) is 0 Å². The largest absolute Gasteiger partial charge is 0.339 e. The predicted octanol–water partition coefficient (Wildman–Crippen LogP) is 1.96. The minimum absolute atomic E-state index is 0. The zero-order valence-corrected chi connectivity index (χ0v) is 15.5. The molecular formula is C18H23ClN6O. The van der Waals surface area contributed by atoms with Gasteiger partial charge >= 0.3 is 0 Å². The molecule has 3 aromatic rings. The number of piperazine rings is 1. The third-order valence-electron chi connectivity index (χ3n) is 4.56. The summed E-state index contributed by atoms with van der Waals surface area (Å²) in [5, 5.41) is 7.61. The topological polar surface area (TPSA) is 72.0 Å². The van der Waals surface area contributed by atoms with Crippen LogP contribution in [0.3, 0.4) is 0 Å². The van der Waals surface area contributed by atoms with Crippen molar-refractivity contribution in [2.24, 2.45) is 7.05 Å². The highest BCUT2D eigenvalue weighted by Crippen LogP contribution is 2.22. The third kappa shape index (κ3) is 4.12. The number of aryl methyl sites for hydroxylation is 1. The summed E-state index contributed by atoms with van der Waals surface area (Å²) in [6, 6.07) is 10.4. The zero-order valence-electron chi connectivity index (χ0n) is 14.7. The summed E-state index contributed by atoms with van der Waals surface area (Å²) in [6.07, 6.45) is 4.49. The Labute approximate surface area is 158 Å². The molecule has 3 heterocycles. The van der Waals surface area contributed by atoms with E-state index in [0.29, 0.717) is 18.9 Å². The lowest BCUT2D eigenvalue weighted by atomic mass is 10.1. The first kappa shape index (κ1) is 18.6. The van der Waals surface area contributed by atoms with Crippen molar-refractivity contribution in [3.63, 3.8) is 0 Å². The van der Waals surface area contributed by atoms with Crippen LogP contribution in [0.4, 0.5) is 0 Å². The van der Waals surface area contributed by atoms with Crippen LogP contribution < -0.4 is 5.32 Å². The van der Waals surface area contributed by atoms with Crippen LogP contribution in [-0.4, -0.2) is 44.2 Å². The highest BCUT2D eigenvalue weighted by atomic mass is 35.5. The lowest BCUT2D eigenvalue weighted by Gasteiger charge is -2.34. The van der Waals surface area contributed by atoms with Gasteiger partial charge in [0.15, 0.2) is 5.82 Å². The molecule has 138 valence electrons. The quantitative estimate of drug-likeness (QED) is 0.736. The molecule has 7 nitrogen and oxygen atoms in total. The number of benzene rings is 1. The highest BCUT2D eigenvalue weighted by molar-refractivity contribution is 5.85. The Hall–Kier alpha value is -2.22. The molecule has 0 saturated carbocycles. The first-order chi connectivity index (χ1) is 12.3. The van der Waals surface area contributed by atoms with Crippen LogP contribution in [0.1, 0.15) is 29.1 Å². The van der Waals surface area contributed by atoms with E-state index in [-0.39, 0.29) is 18.4 Å². The van der Waals surface area contributed by atoms with E-state index < -0.39 is 0 Å². The van der Waals surface area contributed by atoms with Gasteiger partial charge in [-0.1, -0.05) is 35.5 Å². The van der Waals surface area contributed by atoms with Gasteiger partial charge in [0.1, 0.15) is 5.82 Å². The predicted molar refractivity (Wildman–Crippen MR) is 100 cm³/mol. The summed E-state index contributed by atoms with van der Waals surface area (Å²) in [5.41, 5.74) is 1.17. The summed E-state index contributed by atoms with van der Waals surface area (Å²) >= 11 is 0. The monoisotopic (exact) mass is 374 g/mol. The summed E-state index contributed by atoms with van der Waals surface area (Å²) in [4.78, 5) is 11.4. The van der Waals surface area contributed by atoms with E-state index in [1.54, 1.807) is 0 Å². The van der Waals surface area contributed by atoms with Crippen molar-refractivity contribution in [3.05, 3.63) is 65.8 Å². The normalized spacial score (nSPS) is 17.8. The maximum absolute atomic E-state index is 5.44. The van der Waals surface area contributed by atoms with Crippen LogP contribution in [-0.2, 0) is 20.0 Å². The van der Waals surface area contributed by atoms with Gasteiger partial charge in [-0.3, -0.25) is 4.90 Å². The molecule has 4 rings (SSSR count). The van der Waals surface area contributed by atoms with Gasteiger partial charge in [-0.15, -0.1) is 12.4 Å². The van der Waals surface area contributed by atoms with Crippen LogP contribution >= 0.6 is 12.4 Å². The average Bonchev–Trinajstić information content (AvgIpc) is 3.25. The summed E-state index contributed by atoms with van der Waals surface area (Å²) in [5.74, 6) is 2.44. The number of hydrogen-bond acceptors (Lipinski definition) is 6. The SMILES string of the molecule is Cl.Cn1ccnc1C1CNCCN1Cc1noc(Cc2ccccc2)n1. The fraction of sp³-hybridized carbons (Fsp3) is 0.389. The summed E-state index contributed by atoms with van der Waals surface area (Å²) < 4.78 is 7.51. The van der Waals surface area contributed by atoms with Crippen molar-refractivity contribution in [2.45, 2.75) is 19.0 Å². The number of nitrogens with zero attached hydrogens (tertiary/aromatic N) is 5. The van der Waals surface area contributed by atoms with Gasteiger partial charge in [0, 0.05) is 39.1 Å². The molecular weight excluding hydrogens is 352 g/mol. The van der Waals surface area contributed by atoms with E-state index in [1.165, 1.54) is 5.56 Å². The van der Waals surface area contributed by atoms with Crippen LogP contribution in [0.15, 0.2) is 47.2 Å². The van der Waals surface area contributed by atoms with E-state index >= 15 is 0 Å². The third-order valence-corrected chi connectivity index (χ3v) is 4.56. The van der Waals surface area contributed by atoms with E-state index in [4.69, 9.17) is 4.52 Å². The number of hydrogen-bond donors (Lipinski definition) is 1. The average molecular weight is 375 g/mol. The molecule has 1 N–H and O–H groups in total. The molecule has 26 heavy (non-hydrogen) atoms. The first-order valence-electron chi connectivity index (χ1n) is 8.57. The molecule has 0 spiro atoms. The van der Waals surface area contributed by atoms with E-state index in [2.05, 4.69) is 42.0 Å². The minimum Gasteiger partial charge on any atom is -0.339 e. The molecule has 1 unspecified atom stereocenters. The lowest BCUT2D eigenvalue weighted by Crippen LogP contribution is -2.46. The Balaban J connectivity index is 0.00000196. The molecule has 1 fully saturated rings. The fourth-order valence-electron chi connectivity index (χ4n) is 3.27. The van der Waals surface area contributed by atoms with Crippen LogP contribution in [0, 0.1) is 0 Å². The minimum atomic E-state index is 0. The Bertz CT molecular complexity index is 818. The van der Waals surface area contributed by atoms with Crippen LogP contribution in [0.5, 0.6) is 0 Å². The molecule has 8 heteroatoms. The van der Waals surface area contributed by atoms with E-state index in [0.717, 1.165) is 31.3 Å². The van der Waals surface area contributed by atoms with Crippen molar-refractivity contribution in [2.75, 3.05) is 19.6 Å². The second kappa shape index (κ2) is 8.44. The van der Waals surface area contributed by atoms with Crippen molar-refractivity contribution in [1.29, 1.82) is 0 Å². The Kier molecular flexibility index (Phi) is 6.03. The van der Waals surface area contributed by atoms with E-state index in [1.807, 2.05) is 37.6 Å².